The van der Waals surface area contributed by atoms with Crippen molar-refractivity contribution in [2.75, 3.05) is 26.7 Å². The summed E-state index contributed by atoms with van der Waals surface area (Å²) < 4.78 is 0. The Hall–Kier alpha value is -0.860. The van der Waals surface area contributed by atoms with Gasteiger partial charge >= 0.3 is 0 Å². The molecule has 1 aromatic carbocycles. The summed E-state index contributed by atoms with van der Waals surface area (Å²) in [4.78, 5) is 2.61. The summed E-state index contributed by atoms with van der Waals surface area (Å²) in [5, 5.41) is 3.20. The molecule has 1 saturated heterocycles. The fourth-order valence-corrected chi connectivity index (χ4v) is 3.12. The molecule has 2 heteroatoms. The summed E-state index contributed by atoms with van der Waals surface area (Å²) in [5.41, 5.74) is 2.89. The van der Waals surface area contributed by atoms with Crippen LogP contribution in [0, 0.1) is 11.8 Å². The van der Waals surface area contributed by atoms with E-state index in [2.05, 4.69) is 48.3 Å². The van der Waals surface area contributed by atoms with E-state index in [1.165, 1.54) is 37.1 Å². The van der Waals surface area contributed by atoms with Gasteiger partial charge in [-0.25, -0.2) is 0 Å². The number of benzene rings is 1. The second-order valence-corrected chi connectivity index (χ2v) is 6.53. The second kappa shape index (κ2) is 7.80. The average molecular weight is 274 g/mol. The van der Waals surface area contributed by atoms with Gasteiger partial charge in [0, 0.05) is 6.54 Å². The van der Waals surface area contributed by atoms with E-state index in [-0.39, 0.29) is 0 Å². The van der Waals surface area contributed by atoms with Gasteiger partial charge in [-0.3, -0.25) is 4.90 Å². The summed E-state index contributed by atoms with van der Waals surface area (Å²) in [6, 6.07) is 9.18. The lowest BCUT2D eigenvalue weighted by molar-refractivity contribution is 0.152. The van der Waals surface area contributed by atoms with E-state index in [0.29, 0.717) is 0 Å². The predicted octanol–water partition coefficient (Wildman–Crippen LogP) is 3.32. The highest BCUT2D eigenvalue weighted by Crippen LogP contribution is 2.25. The fraction of sp³-hybridized carbons (Fsp3) is 0.667. The van der Waals surface area contributed by atoms with Gasteiger partial charge in [-0.2, -0.15) is 0 Å². The Bertz CT molecular complexity index is 375. The van der Waals surface area contributed by atoms with Crippen molar-refractivity contribution >= 4 is 0 Å². The molecule has 2 nitrogen and oxygen atoms in total. The van der Waals surface area contributed by atoms with E-state index in [4.69, 9.17) is 0 Å². The molecule has 1 aliphatic rings. The van der Waals surface area contributed by atoms with Crippen LogP contribution in [0.5, 0.6) is 0 Å². The first-order valence-corrected chi connectivity index (χ1v) is 8.14. The first-order valence-electron chi connectivity index (χ1n) is 8.14. The number of nitrogens with zero attached hydrogens (tertiary/aromatic N) is 1. The molecule has 1 heterocycles. The van der Waals surface area contributed by atoms with Crippen LogP contribution in [-0.2, 0) is 13.0 Å². The number of piperidine rings is 1. The van der Waals surface area contributed by atoms with E-state index in [1.807, 2.05) is 7.05 Å². The lowest BCUT2D eigenvalue weighted by Crippen LogP contribution is -2.34. The van der Waals surface area contributed by atoms with Crippen molar-refractivity contribution in [3.63, 3.8) is 0 Å². The molecule has 0 radical (unpaired) electrons. The van der Waals surface area contributed by atoms with Crippen LogP contribution in [0.1, 0.15) is 37.8 Å². The fourth-order valence-electron chi connectivity index (χ4n) is 3.12. The molecule has 0 aliphatic carbocycles. The molecule has 0 bridgehead atoms. The van der Waals surface area contributed by atoms with Crippen molar-refractivity contribution in [1.29, 1.82) is 0 Å². The molecule has 20 heavy (non-hydrogen) atoms. The number of rotatable bonds is 6. The monoisotopic (exact) mass is 274 g/mol. The zero-order valence-corrected chi connectivity index (χ0v) is 13.4. The van der Waals surface area contributed by atoms with Gasteiger partial charge in [-0.15, -0.1) is 0 Å². The van der Waals surface area contributed by atoms with Crippen molar-refractivity contribution < 1.29 is 0 Å². The molecule has 1 N–H and O–H groups in total. The number of hydrogen-bond acceptors (Lipinski definition) is 2. The maximum atomic E-state index is 3.20. The van der Waals surface area contributed by atoms with Crippen LogP contribution >= 0.6 is 0 Å². The van der Waals surface area contributed by atoms with Gasteiger partial charge in [-0.05, 0) is 68.9 Å². The molecule has 0 atom stereocenters. The average Bonchev–Trinajstić information content (AvgIpc) is 2.47. The molecule has 0 aromatic heterocycles. The van der Waals surface area contributed by atoms with E-state index in [9.17, 15) is 0 Å². The van der Waals surface area contributed by atoms with Crippen LogP contribution in [0.15, 0.2) is 24.3 Å². The van der Waals surface area contributed by atoms with Gasteiger partial charge < -0.3 is 5.32 Å². The maximum absolute atomic E-state index is 3.20. The molecular formula is C18H30N2. The molecular weight excluding hydrogens is 244 g/mol. The van der Waals surface area contributed by atoms with Crippen LogP contribution < -0.4 is 5.32 Å². The molecule has 112 valence electrons. The number of likely N-dealkylation sites (N-methyl/N-ethyl adjacent to an activating group) is 1. The third-order valence-corrected chi connectivity index (χ3v) is 4.67. The van der Waals surface area contributed by atoms with Crippen LogP contribution in [0.2, 0.25) is 0 Å². The minimum Gasteiger partial charge on any atom is -0.319 e. The topological polar surface area (TPSA) is 15.3 Å². The molecule has 2 rings (SSSR count). The quantitative estimate of drug-likeness (QED) is 0.856. The van der Waals surface area contributed by atoms with Crippen LogP contribution in [0.3, 0.4) is 0 Å². The van der Waals surface area contributed by atoms with Crippen LogP contribution in [0.4, 0.5) is 0 Å². The van der Waals surface area contributed by atoms with Gasteiger partial charge in [0.2, 0.25) is 0 Å². The summed E-state index contributed by atoms with van der Waals surface area (Å²) in [6.07, 6.45) is 3.87. The number of nitrogens with one attached hydrogen (secondary N) is 1. The number of likely N-dealkylation sites (tertiary alicyclic amines) is 1. The third kappa shape index (κ3) is 4.60. The van der Waals surface area contributed by atoms with Gasteiger partial charge in [0.25, 0.3) is 0 Å². The Kier molecular flexibility index (Phi) is 6.06. The summed E-state index contributed by atoms with van der Waals surface area (Å²) in [6.45, 7) is 9.45. The van der Waals surface area contributed by atoms with E-state index in [0.717, 1.165) is 31.3 Å². The van der Waals surface area contributed by atoms with Crippen molar-refractivity contribution in [1.82, 2.24) is 10.2 Å². The minimum atomic E-state index is 0.851. The highest BCUT2D eigenvalue weighted by Gasteiger charge is 2.21. The van der Waals surface area contributed by atoms with E-state index >= 15 is 0 Å². The van der Waals surface area contributed by atoms with Gasteiger partial charge in [-0.1, -0.05) is 38.1 Å². The van der Waals surface area contributed by atoms with Crippen molar-refractivity contribution in [3.05, 3.63) is 35.4 Å². The second-order valence-electron chi connectivity index (χ2n) is 6.53. The van der Waals surface area contributed by atoms with Gasteiger partial charge in [0.15, 0.2) is 0 Å². The van der Waals surface area contributed by atoms with Crippen molar-refractivity contribution in [3.8, 4) is 0 Å². The molecule has 1 aliphatic heterocycles. The Morgan fingerprint density at radius 1 is 1.10 bits per heavy atom. The zero-order chi connectivity index (χ0) is 14.4. The minimum absolute atomic E-state index is 0.851. The maximum Gasteiger partial charge on any atom is 0.0233 e. The van der Waals surface area contributed by atoms with E-state index < -0.39 is 0 Å². The molecule has 1 fully saturated rings. The Balaban J connectivity index is 1.79. The molecule has 0 spiro atoms. The first kappa shape index (κ1) is 15.5. The number of hydrogen-bond donors (Lipinski definition) is 1. The van der Waals surface area contributed by atoms with Crippen LogP contribution in [0.25, 0.3) is 0 Å². The molecule has 1 aromatic rings. The first-order chi connectivity index (χ1) is 9.69. The third-order valence-electron chi connectivity index (χ3n) is 4.67. The molecule has 0 unspecified atom stereocenters. The molecule has 0 saturated carbocycles. The Morgan fingerprint density at radius 2 is 1.70 bits per heavy atom. The molecule has 0 amide bonds. The lowest BCUT2D eigenvalue weighted by atomic mass is 9.86. The van der Waals surface area contributed by atoms with E-state index in [1.54, 1.807) is 0 Å². The van der Waals surface area contributed by atoms with Crippen LogP contribution in [-0.4, -0.2) is 31.6 Å². The van der Waals surface area contributed by atoms with Gasteiger partial charge in [0.1, 0.15) is 0 Å². The Labute approximate surface area is 124 Å². The van der Waals surface area contributed by atoms with Crippen molar-refractivity contribution in [2.45, 2.75) is 39.7 Å². The normalized spacial score (nSPS) is 17.8. The SMILES string of the molecule is CNCCc1ccc(CN2CCC(C(C)C)CC2)cc1. The standard InChI is InChI=1S/C18H30N2/c1-15(2)18-9-12-20(13-10-18)14-17-6-4-16(5-7-17)8-11-19-3/h4-7,15,18-19H,8-14H2,1-3H3. The van der Waals surface area contributed by atoms with Crippen molar-refractivity contribution in [2.24, 2.45) is 11.8 Å². The zero-order valence-electron chi connectivity index (χ0n) is 13.4. The smallest absolute Gasteiger partial charge is 0.0233 e. The summed E-state index contributed by atoms with van der Waals surface area (Å²) in [5.74, 6) is 1.79. The highest BCUT2D eigenvalue weighted by molar-refractivity contribution is 5.22. The Morgan fingerprint density at radius 3 is 2.25 bits per heavy atom. The predicted molar refractivity (Wildman–Crippen MR) is 86.9 cm³/mol. The van der Waals surface area contributed by atoms with Gasteiger partial charge in [0.05, 0.1) is 0 Å². The lowest BCUT2D eigenvalue weighted by Gasteiger charge is -2.33. The summed E-state index contributed by atoms with van der Waals surface area (Å²) in [7, 11) is 2.01. The summed E-state index contributed by atoms with van der Waals surface area (Å²) >= 11 is 0. The largest absolute Gasteiger partial charge is 0.319 e. The highest BCUT2D eigenvalue weighted by atomic mass is 15.1.